The first-order valence-electron chi connectivity index (χ1n) is 4.85. The predicted molar refractivity (Wildman–Crippen MR) is 54.9 cm³/mol. The molecule has 2 heteroatoms. The summed E-state index contributed by atoms with van der Waals surface area (Å²) < 4.78 is 0. The zero-order chi connectivity index (χ0) is 9.60. The molecule has 2 nitrogen and oxygen atoms in total. The van der Waals surface area contributed by atoms with Gasteiger partial charge in [0, 0.05) is 17.8 Å². The van der Waals surface area contributed by atoms with Gasteiger partial charge in [-0.3, -0.25) is 4.98 Å². The zero-order valence-corrected chi connectivity index (χ0v) is 7.77. The molecule has 3 rings (SSSR count). The van der Waals surface area contributed by atoms with Crippen LogP contribution in [0.1, 0.15) is 18.4 Å². The summed E-state index contributed by atoms with van der Waals surface area (Å²) in [4.78, 5) is 4.07. The average molecular weight is 185 g/mol. The monoisotopic (exact) mass is 185 g/mol. The zero-order valence-electron chi connectivity index (χ0n) is 7.77. The Labute approximate surface area is 82.2 Å². The summed E-state index contributed by atoms with van der Waals surface area (Å²) in [5.41, 5.74) is 0.498. The Morgan fingerprint density at radius 1 is 1.21 bits per heavy atom. The molecule has 0 saturated heterocycles. The van der Waals surface area contributed by atoms with Crippen molar-refractivity contribution in [1.82, 2.24) is 4.98 Å². The fourth-order valence-electron chi connectivity index (χ4n) is 1.92. The van der Waals surface area contributed by atoms with Crippen LogP contribution in [0.4, 0.5) is 0 Å². The Bertz CT molecular complexity index is 483. The Morgan fingerprint density at radius 3 is 2.86 bits per heavy atom. The lowest BCUT2D eigenvalue weighted by molar-refractivity contribution is 0.153. The van der Waals surface area contributed by atoms with Crippen LogP contribution in [0.3, 0.4) is 0 Å². The predicted octanol–water partition coefficient (Wildman–Crippen LogP) is 2.22. The minimum absolute atomic E-state index is 0.555. The van der Waals surface area contributed by atoms with Crippen molar-refractivity contribution >= 4 is 10.8 Å². The van der Waals surface area contributed by atoms with Crippen molar-refractivity contribution in [2.24, 2.45) is 0 Å². The minimum Gasteiger partial charge on any atom is -0.385 e. The molecule has 70 valence electrons. The molecular formula is C12H11NO. The third-order valence-electron chi connectivity index (χ3n) is 2.91. The highest BCUT2D eigenvalue weighted by Gasteiger charge is 2.42. The number of hydrogen-bond donors (Lipinski definition) is 1. The molecule has 0 amide bonds. The summed E-state index contributed by atoms with van der Waals surface area (Å²) in [7, 11) is 0. The maximum Gasteiger partial charge on any atom is 0.0905 e. The van der Waals surface area contributed by atoms with Crippen molar-refractivity contribution in [3.8, 4) is 0 Å². The Hall–Kier alpha value is -1.41. The van der Waals surface area contributed by atoms with E-state index in [1.807, 2.05) is 30.5 Å². The molecule has 1 aliphatic carbocycles. The van der Waals surface area contributed by atoms with Gasteiger partial charge in [-0.05, 0) is 29.9 Å². The molecule has 1 N–H and O–H groups in total. The molecule has 0 aliphatic heterocycles. The SMILES string of the molecule is OC1(c2cccc3cnccc23)CC1. The van der Waals surface area contributed by atoms with Crippen LogP contribution in [-0.4, -0.2) is 10.1 Å². The molecule has 0 spiro atoms. The average Bonchev–Trinajstić information content (AvgIpc) is 2.97. The van der Waals surface area contributed by atoms with Crippen molar-refractivity contribution in [1.29, 1.82) is 0 Å². The highest BCUT2D eigenvalue weighted by molar-refractivity contribution is 5.85. The Morgan fingerprint density at radius 2 is 2.07 bits per heavy atom. The fraction of sp³-hybridized carbons (Fsp3) is 0.250. The van der Waals surface area contributed by atoms with E-state index in [0.717, 1.165) is 29.2 Å². The van der Waals surface area contributed by atoms with Crippen molar-refractivity contribution < 1.29 is 5.11 Å². The molecule has 1 saturated carbocycles. The van der Waals surface area contributed by atoms with E-state index in [2.05, 4.69) is 4.98 Å². The third kappa shape index (κ3) is 1.04. The second-order valence-corrected chi connectivity index (χ2v) is 3.93. The summed E-state index contributed by atoms with van der Waals surface area (Å²) in [6.07, 6.45) is 5.38. The van der Waals surface area contributed by atoms with Gasteiger partial charge in [0.15, 0.2) is 0 Å². The van der Waals surface area contributed by atoms with Crippen LogP contribution in [0.15, 0.2) is 36.7 Å². The number of hydrogen-bond acceptors (Lipinski definition) is 2. The maximum atomic E-state index is 10.1. The number of rotatable bonds is 1. The van der Waals surface area contributed by atoms with Crippen LogP contribution in [-0.2, 0) is 5.60 Å². The van der Waals surface area contributed by atoms with Crippen LogP contribution < -0.4 is 0 Å². The smallest absolute Gasteiger partial charge is 0.0905 e. The highest BCUT2D eigenvalue weighted by Crippen LogP contribution is 2.47. The second kappa shape index (κ2) is 2.55. The van der Waals surface area contributed by atoms with E-state index < -0.39 is 5.60 Å². The van der Waals surface area contributed by atoms with Crippen LogP contribution in [0.5, 0.6) is 0 Å². The molecule has 0 radical (unpaired) electrons. The lowest BCUT2D eigenvalue weighted by Gasteiger charge is -2.10. The van der Waals surface area contributed by atoms with E-state index in [-0.39, 0.29) is 0 Å². The van der Waals surface area contributed by atoms with Crippen molar-refractivity contribution in [2.75, 3.05) is 0 Å². The molecule has 0 atom stereocenters. The topological polar surface area (TPSA) is 33.1 Å². The normalized spacial score (nSPS) is 18.4. The first-order valence-corrected chi connectivity index (χ1v) is 4.85. The van der Waals surface area contributed by atoms with Crippen LogP contribution in [0.25, 0.3) is 10.8 Å². The summed E-state index contributed by atoms with van der Waals surface area (Å²) in [6, 6.07) is 7.99. The number of fused-ring (bicyclic) bond motifs is 1. The number of aliphatic hydroxyl groups is 1. The molecule has 0 bridgehead atoms. The molecule has 1 fully saturated rings. The molecule has 1 aromatic heterocycles. The van der Waals surface area contributed by atoms with Gasteiger partial charge in [-0.2, -0.15) is 0 Å². The minimum atomic E-state index is -0.555. The van der Waals surface area contributed by atoms with Gasteiger partial charge in [0.1, 0.15) is 0 Å². The molecule has 0 unspecified atom stereocenters. The molecule has 1 heterocycles. The summed E-state index contributed by atoms with van der Waals surface area (Å²) in [6.45, 7) is 0. The van der Waals surface area contributed by atoms with Crippen molar-refractivity contribution in [2.45, 2.75) is 18.4 Å². The van der Waals surface area contributed by atoms with Crippen molar-refractivity contribution in [3.63, 3.8) is 0 Å². The molecule has 1 aliphatic rings. The van der Waals surface area contributed by atoms with Gasteiger partial charge in [0.2, 0.25) is 0 Å². The van der Waals surface area contributed by atoms with E-state index in [9.17, 15) is 5.11 Å². The largest absolute Gasteiger partial charge is 0.385 e. The van der Waals surface area contributed by atoms with E-state index in [1.54, 1.807) is 6.20 Å². The standard InChI is InChI=1S/C12H11NO/c14-12(5-6-12)11-3-1-2-9-8-13-7-4-10(9)11/h1-4,7-8,14H,5-6H2. The van der Waals surface area contributed by atoms with Crippen LogP contribution in [0.2, 0.25) is 0 Å². The molecule has 2 aromatic rings. The number of nitrogens with zero attached hydrogens (tertiary/aromatic N) is 1. The van der Waals surface area contributed by atoms with Gasteiger partial charge >= 0.3 is 0 Å². The van der Waals surface area contributed by atoms with E-state index in [0.29, 0.717) is 0 Å². The molecular weight excluding hydrogens is 174 g/mol. The quantitative estimate of drug-likeness (QED) is 0.739. The first-order chi connectivity index (χ1) is 6.80. The van der Waals surface area contributed by atoms with Crippen molar-refractivity contribution in [3.05, 3.63) is 42.2 Å². The number of benzene rings is 1. The molecule has 14 heavy (non-hydrogen) atoms. The van der Waals surface area contributed by atoms with E-state index in [4.69, 9.17) is 0 Å². The Balaban J connectivity index is 2.33. The van der Waals surface area contributed by atoms with Gasteiger partial charge < -0.3 is 5.11 Å². The Kier molecular flexibility index (Phi) is 1.45. The number of aromatic nitrogens is 1. The van der Waals surface area contributed by atoms with Gasteiger partial charge in [0.25, 0.3) is 0 Å². The summed E-state index contributed by atoms with van der Waals surface area (Å²) in [5.74, 6) is 0. The first kappa shape index (κ1) is 7.94. The molecule has 1 aromatic carbocycles. The third-order valence-corrected chi connectivity index (χ3v) is 2.91. The summed E-state index contributed by atoms with van der Waals surface area (Å²) in [5, 5.41) is 12.3. The van der Waals surface area contributed by atoms with E-state index >= 15 is 0 Å². The fourth-order valence-corrected chi connectivity index (χ4v) is 1.92. The van der Waals surface area contributed by atoms with Gasteiger partial charge in [-0.15, -0.1) is 0 Å². The lowest BCUT2D eigenvalue weighted by atomic mass is 10.0. The second-order valence-electron chi connectivity index (χ2n) is 3.93. The van der Waals surface area contributed by atoms with E-state index in [1.165, 1.54) is 0 Å². The summed E-state index contributed by atoms with van der Waals surface area (Å²) >= 11 is 0. The van der Waals surface area contributed by atoms with Crippen LogP contribution >= 0.6 is 0 Å². The van der Waals surface area contributed by atoms with Gasteiger partial charge in [-0.25, -0.2) is 0 Å². The highest BCUT2D eigenvalue weighted by atomic mass is 16.3. The van der Waals surface area contributed by atoms with Gasteiger partial charge in [-0.1, -0.05) is 18.2 Å². The lowest BCUT2D eigenvalue weighted by Crippen LogP contribution is -2.04. The maximum absolute atomic E-state index is 10.1. The number of pyridine rings is 1. The van der Waals surface area contributed by atoms with Crippen LogP contribution in [0, 0.1) is 0 Å². The van der Waals surface area contributed by atoms with Gasteiger partial charge in [0.05, 0.1) is 5.60 Å².